The quantitative estimate of drug-likeness (QED) is 0.331. The molecule has 3 aromatic rings. The molecule has 9 nitrogen and oxygen atoms in total. The van der Waals surface area contributed by atoms with E-state index < -0.39 is 47.6 Å². The number of alkyl halides is 2. The second-order valence-electron chi connectivity index (χ2n) is 10.7. The average molecular weight is 617 g/mol. The van der Waals surface area contributed by atoms with Crippen LogP contribution >= 0.6 is 0 Å². The van der Waals surface area contributed by atoms with E-state index in [0.29, 0.717) is 13.1 Å². The lowest BCUT2D eigenvalue weighted by Crippen LogP contribution is -2.44. The number of piperidine rings is 1. The van der Waals surface area contributed by atoms with Crippen molar-refractivity contribution in [2.45, 2.75) is 37.3 Å². The second kappa shape index (κ2) is 13.6. The molecule has 0 aliphatic carbocycles. The molecule has 0 radical (unpaired) electrons. The molecule has 13 heteroatoms. The number of aliphatic hydroxyl groups excluding tert-OH is 1. The molecule has 44 heavy (non-hydrogen) atoms. The van der Waals surface area contributed by atoms with Crippen molar-refractivity contribution >= 4 is 17.6 Å². The number of anilines is 1. The summed E-state index contributed by atoms with van der Waals surface area (Å²) in [5.74, 6) is -4.27. The molecule has 2 N–H and O–H groups in total. The highest BCUT2D eigenvalue weighted by molar-refractivity contribution is 6.04. The van der Waals surface area contributed by atoms with E-state index in [1.807, 2.05) is 6.07 Å². The minimum absolute atomic E-state index is 0.0251. The van der Waals surface area contributed by atoms with E-state index in [0.717, 1.165) is 37.2 Å². The van der Waals surface area contributed by atoms with E-state index in [2.05, 4.69) is 15.0 Å². The number of nitrogens with zero attached hydrogens (tertiary/aromatic N) is 3. The number of hydrogen-bond acceptors (Lipinski definition) is 7. The third-order valence-electron chi connectivity index (χ3n) is 7.97. The number of aliphatic hydroxyl groups is 1. The van der Waals surface area contributed by atoms with Crippen molar-refractivity contribution in [2.75, 3.05) is 44.8 Å². The van der Waals surface area contributed by atoms with Crippen LogP contribution in [0, 0.1) is 11.6 Å². The Morgan fingerprint density at radius 2 is 1.82 bits per heavy atom. The van der Waals surface area contributed by atoms with Crippen LogP contribution in [0.2, 0.25) is 0 Å². The van der Waals surface area contributed by atoms with Crippen molar-refractivity contribution in [3.05, 3.63) is 83.1 Å². The number of carbonyl (C=O) groups is 2. The number of halogens is 4. The lowest BCUT2D eigenvalue weighted by molar-refractivity contribution is -0.118. The number of methoxy groups -OCH3 is 1. The first-order valence-electron chi connectivity index (χ1n) is 14.2. The maximum absolute atomic E-state index is 15.3. The molecule has 0 saturated carbocycles. The number of β-amino-alcohol motifs (C(OH)–C–C–N with tert-alkyl or cyclic N) is 1. The Labute approximate surface area is 251 Å². The van der Waals surface area contributed by atoms with Crippen LogP contribution in [0.15, 0.2) is 54.6 Å². The van der Waals surface area contributed by atoms with Gasteiger partial charge in [-0.2, -0.15) is 8.78 Å². The van der Waals surface area contributed by atoms with Crippen LogP contribution in [0.3, 0.4) is 0 Å². The SMILES string of the molecule is COc1cc(F)c([C@@H]2CN(c3cccc(C4CCCN(CCO)C4)n3)C(=O)C2NC(=O)c2ccc(OC(F)F)cc2)c(F)c1. The summed E-state index contributed by atoms with van der Waals surface area (Å²) in [6.45, 7) is -1.07. The number of benzene rings is 2. The first-order valence-corrected chi connectivity index (χ1v) is 14.2. The van der Waals surface area contributed by atoms with Gasteiger partial charge in [-0.1, -0.05) is 6.07 Å². The molecule has 3 heterocycles. The van der Waals surface area contributed by atoms with Crippen LogP contribution < -0.4 is 19.7 Å². The van der Waals surface area contributed by atoms with Gasteiger partial charge in [-0.3, -0.25) is 14.5 Å². The van der Waals surface area contributed by atoms with E-state index >= 15 is 8.78 Å². The molecule has 2 aliphatic rings. The van der Waals surface area contributed by atoms with Gasteiger partial charge >= 0.3 is 6.61 Å². The number of rotatable bonds is 10. The van der Waals surface area contributed by atoms with Gasteiger partial charge in [0.15, 0.2) is 0 Å². The van der Waals surface area contributed by atoms with Gasteiger partial charge in [0.1, 0.15) is 35.0 Å². The van der Waals surface area contributed by atoms with Crippen LogP contribution in [0.1, 0.15) is 46.3 Å². The molecule has 2 saturated heterocycles. The predicted octanol–water partition coefficient (Wildman–Crippen LogP) is 4.07. The summed E-state index contributed by atoms with van der Waals surface area (Å²) in [4.78, 5) is 35.3. The number of pyridine rings is 1. The van der Waals surface area contributed by atoms with Gasteiger partial charge < -0.3 is 24.8 Å². The first-order chi connectivity index (χ1) is 21.2. The van der Waals surface area contributed by atoms with Crippen LogP contribution in [-0.4, -0.2) is 79.4 Å². The molecule has 1 aromatic heterocycles. The lowest BCUT2D eigenvalue weighted by Gasteiger charge is -2.32. The Morgan fingerprint density at radius 1 is 1.09 bits per heavy atom. The summed E-state index contributed by atoms with van der Waals surface area (Å²) < 4.78 is 65.0. The standard InChI is InChI=1S/C31H32F4N4O5/c1-43-21-14-23(32)27(24(33)15-21)22-17-39(26-6-2-5-25(36-26)19-4-3-11-38(16-19)12-13-40)30(42)28(22)37-29(41)18-7-9-20(10-8-18)44-31(34)35/h2,5-10,14-15,19,22,28,31,40H,3-4,11-13,16-17H2,1H3,(H,37,41)/t19?,22-,28?/m0/s1. The van der Waals surface area contributed by atoms with Gasteiger partial charge in [0.05, 0.1) is 13.7 Å². The van der Waals surface area contributed by atoms with Crippen LogP contribution in [0.4, 0.5) is 23.4 Å². The Morgan fingerprint density at radius 3 is 2.48 bits per heavy atom. The zero-order valence-corrected chi connectivity index (χ0v) is 23.9. The third-order valence-corrected chi connectivity index (χ3v) is 7.97. The van der Waals surface area contributed by atoms with Gasteiger partial charge in [-0.05, 0) is 55.8 Å². The zero-order valence-electron chi connectivity index (χ0n) is 23.9. The molecule has 2 fully saturated rings. The van der Waals surface area contributed by atoms with Crippen LogP contribution in [-0.2, 0) is 4.79 Å². The fraction of sp³-hybridized carbons (Fsp3) is 0.387. The van der Waals surface area contributed by atoms with E-state index in [9.17, 15) is 23.5 Å². The molecule has 2 aromatic carbocycles. The maximum Gasteiger partial charge on any atom is 0.387 e. The van der Waals surface area contributed by atoms with Gasteiger partial charge in [0.2, 0.25) is 0 Å². The first kappa shape index (κ1) is 31.2. The summed E-state index contributed by atoms with van der Waals surface area (Å²) in [7, 11) is 1.27. The van der Waals surface area contributed by atoms with Gasteiger partial charge in [-0.15, -0.1) is 0 Å². The van der Waals surface area contributed by atoms with Crippen molar-refractivity contribution < 1.29 is 41.7 Å². The van der Waals surface area contributed by atoms with E-state index in [4.69, 9.17) is 9.72 Å². The largest absolute Gasteiger partial charge is 0.497 e. The normalized spacial score (nSPS) is 20.7. The molecule has 2 unspecified atom stereocenters. The summed E-state index contributed by atoms with van der Waals surface area (Å²) >= 11 is 0. The van der Waals surface area contributed by atoms with E-state index in [1.165, 1.54) is 36.3 Å². The number of carbonyl (C=O) groups excluding carboxylic acids is 2. The smallest absolute Gasteiger partial charge is 0.387 e. The Kier molecular flexibility index (Phi) is 9.64. The molecule has 2 amide bonds. The molecular weight excluding hydrogens is 584 g/mol. The summed E-state index contributed by atoms with van der Waals surface area (Å²) in [5, 5.41) is 12.0. The van der Waals surface area contributed by atoms with Gasteiger partial charge in [0, 0.05) is 60.4 Å². The number of nitrogens with one attached hydrogen (secondary N) is 1. The predicted molar refractivity (Wildman–Crippen MR) is 152 cm³/mol. The van der Waals surface area contributed by atoms with Crippen molar-refractivity contribution in [3.8, 4) is 11.5 Å². The number of aromatic nitrogens is 1. The minimum atomic E-state index is -3.04. The van der Waals surface area contributed by atoms with Crippen LogP contribution in [0.25, 0.3) is 0 Å². The molecule has 0 bridgehead atoms. The maximum atomic E-state index is 15.3. The highest BCUT2D eigenvalue weighted by atomic mass is 19.3. The van der Waals surface area contributed by atoms with Crippen molar-refractivity contribution in [2.24, 2.45) is 0 Å². The molecule has 5 rings (SSSR count). The molecule has 3 atom stereocenters. The lowest BCUT2D eigenvalue weighted by atomic mass is 9.92. The highest BCUT2D eigenvalue weighted by Gasteiger charge is 2.45. The fourth-order valence-corrected chi connectivity index (χ4v) is 5.86. The minimum Gasteiger partial charge on any atom is -0.497 e. The monoisotopic (exact) mass is 616 g/mol. The van der Waals surface area contributed by atoms with E-state index in [-0.39, 0.29) is 41.9 Å². The van der Waals surface area contributed by atoms with Gasteiger partial charge in [0.25, 0.3) is 11.8 Å². The molecule has 2 aliphatic heterocycles. The van der Waals surface area contributed by atoms with Crippen molar-refractivity contribution in [1.82, 2.24) is 15.2 Å². The molecular formula is C31H32F4N4O5. The Hall–Kier alpha value is -4.23. The molecule has 234 valence electrons. The van der Waals surface area contributed by atoms with Crippen molar-refractivity contribution in [1.29, 1.82) is 0 Å². The second-order valence-corrected chi connectivity index (χ2v) is 10.7. The number of amides is 2. The third kappa shape index (κ3) is 6.78. The fourth-order valence-electron chi connectivity index (χ4n) is 5.86. The summed E-state index contributed by atoms with van der Waals surface area (Å²) in [6.07, 6.45) is 1.79. The number of hydrogen-bond donors (Lipinski definition) is 2. The van der Waals surface area contributed by atoms with Crippen molar-refractivity contribution in [3.63, 3.8) is 0 Å². The topological polar surface area (TPSA) is 104 Å². The van der Waals surface area contributed by atoms with Crippen LogP contribution in [0.5, 0.6) is 11.5 Å². The molecule has 0 spiro atoms. The Balaban J connectivity index is 1.45. The number of likely N-dealkylation sites (tertiary alicyclic amines) is 1. The van der Waals surface area contributed by atoms with Gasteiger partial charge in [-0.25, -0.2) is 13.8 Å². The summed E-state index contributed by atoms with van der Waals surface area (Å²) in [5.41, 5.74) is 0.378. The number of ether oxygens (including phenoxy) is 2. The Bertz CT molecular complexity index is 1470. The average Bonchev–Trinajstić information content (AvgIpc) is 3.32. The zero-order chi connectivity index (χ0) is 31.4. The summed E-state index contributed by atoms with van der Waals surface area (Å²) in [6, 6.07) is 10.7. The highest BCUT2D eigenvalue weighted by Crippen LogP contribution is 2.37. The van der Waals surface area contributed by atoms with E-state index in [1.54, 1.807) is 12.1 Å².